The van der Waals surface area contributed by atoms with Gasteiger partial charge in [-0.15, -0.1) is 0 Å². The zero-order valence-electron chi connectivity index (χ0n) is 5.19. The van der Waals surface area contributed by atoms with E-state index in [0.717, 1.165) is 0 Å². The van der Waals surface area contributed by atoms with Crippen LogP contribution in [0, 0.1) is 0 Å². The Kier molecular flexibility index (Phi) is 1.94. The molecule has 0 saturated carbocycles. The Morgan fingerprint density at radius 1 is 1.60 bits per heavy atom. The number of aliphatic carboxylic acids is 1. The highest BCUT2D eigenvalue weighted by Gasteiger charge is 2.06. The molecule has 0 aromatic heterocycles. The molecule has 0 aliphatic carbocycles. The molecule has 1 rings (SSSR count). The van der Waals surface area contributed by atoms with E-state index in [4.69, 9.17) is 5.11 Å². The summed E-state index contributed by atoms with van der Waals surface area (Å²) in [7, 11) is 0. The lowest BCUT2D eigenvalue weighted by atomic mass is 10.3. The minimum atomic E-state index is -0.988. The minimum absolute atomic E-state index is 0.123. The second-order valence-corrected chi connectivity index (χ2v) is 1.71. The predicted octanol–water partition coefficient (Wildman–Crippen LogP) is 0.458. The van der Waals surface area contributed by atoms with Crippen LogP contribution in [-0.4, -0.2) is 23.0 Å². The van der Waals surface area contributed by atoms with E-state index in [1.54, 1.807) is 0 Å². The van der Waals surface area contributed by atoms with Crippen molar-refractivity contribution in [2.75, 3.05) is 0 Å². The maximum absolute atomic E-state index is 10.3. The Morgan fingerprint density at radius 3 is 3.10 bits per heavy atom. The van der Waals surface area contributed by atoms with Crippen molar-refractivity contribution in [2.45, 2.75) is 6.42 Å². The molecule has 0 fully saturated rings. The van der Waals surface area contributed by atoms with Crippen LogP contribution in [0.5, 0.6) is 0 Å². The smallest absolute Gasteiger partial charge is 0.350 e. The van der Waals surface area contributed by atoms with Crippen LogP contribution in [0.25, 0.3) is 0 Å². The molecular formula is C6H6N2O2. The lowest BCUT2D eigenvalue weighted by Gasteiger charge is -1.89. The van der Waals surface area contributed by atoms with Gasteiger partial charge in [-0.05, 0) is 0 Å². The van der Waals surface area contributed by atoms with E-state index in [-0.39, 0.29) is 5.71 Å². The van der Waals surface area contributed by atoms with E-state index in [2.05, 4.69) is 9.98 Å². The molecule has 0 unspecified atom stereocenters. The molecule has 0 amide bonds. The minimum Gasteiger partial charge on any atom is -0.477 e. The quantitative estimate of drug-likeness (QED) is 0.572. The van der Waals surface area contributed by atoms with Crippen molar-refractivity contribution in [1.82, 2.24) is 0 Å². The molecule has 0 bridgehead atoms. The molecule has 1 aliphatic rings. The van der Waals surface area contributed by atoms with Crippen molar-refractivity contribution < 1.29 is 9.90 Å². The molecule has 0 aromatic carbocycles. The zero-order chi connectivity index (χ0) is 7.40. The second-order valence-electron chi connectivity index (χ2n) is 1.71. The average molecular weight is 138 g/mol. The van der Waals surface area contributed by atoms with Crippen molar-refractivity contribution in [3.63, 3.8) is 0 Å². The highest BCUT2D eigenvalue weighted by Crippen LogP contribution is 1.92. The van der Waals surface area contributed by atoms with E-state index in [9.17, 15) is 4.79 Å². The second kappa shape index (κ2) is 2.91. The molecule has 1 heterocycles. The van der Waals surface area contributed by atoms with Crippen molar-refractivity contribution >= 4 is 17.9 Å². The maximum Gasteiger partial charge on any atom is 0.350 e. The normalized spacial score (nSPS) is 16.2. The number of rotatable bonds is 1. The fourth-order valence-electron chi connectivity index (χ4n) is 0.557. The molecule has 0 spiro atoms. The Hall–Kier alpha value is -1.45. The predicted molar refractivity (Wildman–Crippen MR) is 37.3 cm³/mol. The summed E-state index contributed by atoms with van der Waals surface area (Å²) in [6.45, 7) is 0. The molecular weight excluding hydrogens is 132 g/mol. The summed E-state index contributed by atoms with van der Waals surface area (Å²) in [4.78, 5) is 17.6. The summed E-state index contributed by atoms with van der Waals surface area (Å²) >= 11 is 0. The number of hydrogen-bond donors (Lipinski definition) is 1. The van der Waals surface area contributed by atoms with Gasteiger partial charge in [-0.1, -0.05) is 0 Å². The van der Waals surface area contributed by atoms with Crippen LogP contribution in [0.15, 0.2) is 22.4 Å². The van der Waals surface area contributed by atoms with Gasteiger partial charge in [0.2, 0.25) is 0 Å². The van der Waals surface area contributed by atoms with Gasteiger partial charge in [0, 0.05) is 25.0 Å². The van der Waals surface area contributed by atoms with Gasteiger partial charge < -0.3 is 5.11 Å². The summed E-state index contributed by atoms with van der Waals surface area (Å²) in [5.41, 5.74) is 0.123. The fourth-order valence-corrected chi connectivity index (χ4v) is 0.557. The summed E-state index contributed by atoms with van der Waals surface area (Å²) in [5, 5.41) is 8.44. The van der Waals surface area contributed by atoms with E-state index >= 15 is 0 Å². The highest BCUT2D eigenvalue weighted by atomic mass is 16.4. The Bertz CT molecular complexity index is 228. The summed E-state index contributed by atoms with van der Waals surface area (Å²) in [5.74, 6) is -0.988. The van der Waals surface area contributed by atoms with E-state index in [1.807, 2.05) is 0 Å². The maximum atomic E-state index is 10.3. The van der Waals surface area contributed by atoms with Gasteiger partial charge >= 0.3 is 5.97 Å². The van der Waals surface area contributed by atoms with Gasteiger partial charge in [0.05, 0.1) is 0 Å². The van der Waals surface area contributed by atoms with Gasteiger partial charge in [0.25, 0.3) is 0 Å². The van der Waals surface area contributed by atoms with Crippen LogP contribution in [-0.2, 0) is 4.79 Å². The molecule has 4 nitrogen and oxygen atoms in total. The number of nitrogens with zero attached hydrogens (tertiary/aromatic N) is 2. The average Bonchev–Trinajstić information content (AvgIpc) is 2.12. The lowest BCUT2D eigenvalue weighted by molar-refractivity contribution is -0.129. The van der Waals surface area contributed by atoms with Gasteiger partial charge in [0.1, 0.15) is 5.71 Å². The molecule has 4 heteroatoms. The number of aliphatic imine (C=N–C) groups is 2. The summed E-state index contributed by atoms with van der Waals surface area (Å²) in [6, 6.07) is 0. The van der Waals surface area contributed by atoms with Gasteiger partial charge in [-0.2, -0.15) is 0 Å². The number of carboxylic acids is 1. The first-order chi connectivity index (χ1) is 4.80. The Balaban J connectivity index is 2.78. The highest BCUT2D eigenvalue weighted by molar-refractivity contribution is 6.38. The van der Waals surface area contributed by atoms with Crippen molar-refractivity contribution in [3.8, 4) is 0 Å². The summed E-state index contributed by atoms with van der Waals surface area (Å²) < 4.78 is 0. The molecule has 1 N–H and O–H groups in total. The first-order valence-electron chi connectivity index (χ1n) is 2.77. The Labute approximate surface area is 57.6 Å². The van der Waals surface area contributed by atoms with Gasteiger partial charge in [-0.3, -0.25) is 9.98 Å². The third-order valence-electron chi connectivity index (χ3n) is 1.02. The number of hydrogen-bond acceptors (Lipinski definition) is 3. The van der Waals surface area contributed by atoms with Crippen LogP contribution in [0.2, 0.25) is 0 Å². The molecule has 0 radical (unpaired) electrons. The number of carbonyl (C=O) groups is 1. The first-order valence-corrected chi connectivity index (χ1v) is 2.77. The van der Waals surface area contributed by atoms with Crippen molar-refractivity contribution in [1.29, 1.82) is 0 Å². The SMILES string of the molecule is O=C(O)C1=NC=CN=CC1. The standard InChI is InChI=1S/C6H6N2O2/c9-6(10)5-1-2-7-3-4-8-5/h2-4H,1H2,(H,9,10). The summed E-state index contributed by atoms with van der Waals surface area (Å²) in [6.07, 6.45) is 4.63. The first kappa shape index (κ1) is 6.67. The van der Waals surface area contributed by atoms with Crippen LogP contribution in [0.3, 0.4) is 0 Å². The van der Waals surface area contributed by atoms with Crippen LogP contribution in [0.4, 0.5) is 0 Å². The molecule has 52 valence electrons. The molecule has 10 heavy (non-hydrogen) atoms. The fraction of sp³-hybridized carbons (Fsp3) is 0.167. The van der Waals surface area contributed by atoms with Crippen LogP contribution in [0.1, 0.15) is 6.42 Å². The van der Waals surface area contributed by atoms with Gasteiger partial charge in [0.15, 0.2) is 0 Å². The van der Waals surface area contributed by atoms with Gasteiger partial charge in [-0.25, -0.2) is 4.79 Å². The molecule has 1 aliphatic heterocycles. The van der Waals surface area contributed by atoms with Crippen LogP contribution >= 0.6 is 0 Å². The third kappa shape index (κ3) is 1.51. The van der Waals surface area contributed by atoms with Crippen molar-refractivity contribution in [3.05, 3.63) is 12.4 Å². The van der Waals surface area contributed by atoms with Crippen molar-refractivity contribution in [2.24, 2.45) is 9.98 Å². The third-order valence-corrected chi connectivity index (χ3v) is 1.02. The molecule has 0 saturated heterocycles. The largest absolute Gasteiger partial charge is 0.477 e. The molecule has 0 aromatic rings. The monoisotopic (exact) mass is 138 g/mol. The zero-order valence-corrected chi connectivity index (χ0v) is 5.19. The Morgan fingerprint density at radius 2 is 2.40 bits per heavy atom. The van der Waals surface area contributed by atoms with E-state index in [0.29, 0.717) is 6.42 Å². The number of carboxylic acid groups (broad SMARTS) is 1. The van der Waals surface area contributed by atoms with E-state index in [1.165, 1.54) is 18.6 Å². The topological polar surface area (TPSA) is 62.0 Å². The lowest BCUT2D eigenvalue weighted by Crippen LogP contribution is -2.12. The van der Waals surface area contributed by atoms with Crippen LogP contribution < -0.4 is 0 Å². The van der Waals surface area contributed by atoms with E-state index < -0.39 is 5.97 Å². The molecule has 0 atom stereocenters.